The van der Waals surface area contributed by atoms with Crippen molar-refractivity contribution in [3.63, 3.8) is 0 Å². The lowest BCUT2D eigenvalue weighted by Crippen LogP contribution is -2.46. The Labute approximate surface area is 445 Å². The average Bonchev–Trinajstić information content (AvgIpc) is 4.21. The number of aryl methyl sites for hydroxylation is 1. The van der Waals surface area contributed by atoms with Gasteiger partial charge in [-0.3, -0.25) is 33.2 Å². The molecule has 5 N–H and O–H groups in total. The Hall–Kier alpha value is -7.09. The first-order valence-corrected chi connectivity index (χ1v) is 26.1. The quantitative estimate of drug-likeness (QED) is 0.131. The summed E-state index contributed by atoms with van der Waals surface area (Å²) < 4.78 is 41.5. The van der Waals surface area contributed by atoms with Gasteiger partial charge in [-0.2, -0.15) is 0 Å². The third-order valence-electron chi connectivity index (χ3n) is 16.8. The van der Waals surface area contributed by atoms with E-state index in [0.717, 1.165) is 30.9 Å². The minimum Gasteiger partial charge on any atom is -0.508 e. The highest BCUT2D eigenvalue weighted by molar-refractivity contribution is 6.32. The van der Waals surface area contributed by atoms with Crippen molar-refractivity contribution in [2.45, 2.75) is 111 Å². The van der Waals surface area contributed by atoms with Gasteiger partial charge < -0.3 is 54.5 Å². The van der Waals surface area contributed by atoms with Crippen molar-refractivity contribution in [2.24, 2.45) is 35.5 Å². The molecular formula is C58H67FN4O14. The summed E-state index contributed by atoms with van der Waals surface area (Å²) in [5.74, 6) is -11.1. The number of phenols is 1. The molecule has 2 unspecified atom stereocenters. The summed E-state index contributed by atoms with van der Waals surface area (Å²) in [4.78, 5) is 89.2. The van der Waals surface area contributed by atoms with Gasteiger partial charge in [0.25, 0.3) is 17.2 Å². The number of aliphatic hydroxyl groups excluding tert-OH is 3. The summed E-state index contributed by atoms with van der Waals surface area (Å²) >= 11 is 0. The molecule has 3 fully saturated rings. The van der Waals surface area contributed by atoms with Crippen LogP contribution in [-0.4, -0.2) is 122 Å². The van der Waals surface area contributed by atoms with Crippen molar-refractivity contribution in [3.8, 4) is 11.5 Å². The number of halogens is 1. The van der Waals surface area contributed by atoms with E-state index < -0.39 is 123 Å². The molecule has 5 bridgehead atoms. The van der Waals surface area contributed by atoms with Crippen LogP contribution in [0.25, 0.3) is 11.3 Å². The number of allylic oxidation sites excluding steroid dienone is 4. The van der Waals surface area contributed by atoms with E-state index in [9.17, 15) is 39.6 Å². The minimum absolute atomic E-state index is 0.00191. The number of fused-ring (bicyclic) bond motifs is 16. The normalized spacial score (nSPS) is 31.4. The van der Waals surface area contributed by atoms with Crippen molar-refractivity contribution in [1.29, 1.82) is 0 Å². The van der Waals surface area contributed by atoms with Crippen LogP contribution >= 0.6 is 0 Å². The number of phenolic OH excluding ortho intramolecular Hbond substituents is 1. The zero-order valence-electron chi connectivity index (χ0n) is 44.9. The molecule has 2 saturated heterocycles. The number of methoxy groups -OCH3 is 1. The van der Waals surface area contributed by atoms with Crippen LogP contribution in [-0.2, 0) is 23.8 Å². The summed E-state index contributed by atoms with van der Waals surface area (Å²) in [5.41, 5.74) is -0.192. The molecule has 18 nitrogen and oxygen atoms in total. The number of likely N-dealkylation sites (tertiary alicyclic amines) is 1. The van der Waals surface area contributed by atoms with Gasteiger partial charge in [0.15, 0.2) is 5.82 Å². The monoisotopic (exact) mass is 1060 g/mol. The highest BCUT2D eigenvalue weighted by Crippen LogP contribution is 2.50. The Morgan fingerprint density at radius 2 is 1.53 bits per heavy atom. The van der Waals surface area contributed by atoms with E-state index in [0.29, 0.717) is 29.9 Å². The molecule has 2 aliphatic carbocycles. The predicted octanol–water partition coefficient (Wildman–Crippen LogP) is 6.49. The van der Waals surface area contributed by atoms with Crippen molar-refractivity contribution < 1.29 is 67.7 Å². The Kier molecular flexibility index (Phi) is 14.5. The topological polar surface area (TPSA) is 243 Å². The summed E-state index contributed by atoms with van der Waals surface area (Å²) in [7, 11) is 1.41. The number of Topliss-reactive ketones (excluding diaryl/α,β-unsaturated/α-hetero) is 3. The van der Waals surface area contributed by atoms with Gasteiger partial charge in [0, 0.05) is 93.8 Å². The van der Waals surface area contributed by atoms with Crippen LogP contribution < -0.4 is 20.5 Å². The lowest BCUT2D eigenvalue weighted by Gasteiger charge is -2.38. The van der Waals surface area contributed by atoms with Crippen LogP contribution in [0.2, 0.25) is 0 Å². The molecule has 0 radical (unpaired) electrons. The van der Waals surface area contributed by atoms with E-state index >= 15 is 14.0 Å². The van der Waals surface area contributed by atoms with Gasteiger partial charge in [-0.15, -0.1) is 0 Å². The number of hydrogen-bond donors (Lipinski definition) is 5. The molecule has 7 aliphatic rings. The molecule has 2 aromatic heterocycles. The summed E-state index contributed by atoms with van der Waals surface area (Å²) in [5, 5.41) is 48.0. The molecule has 77 heavy (non-hydrogen) atoms. The van der Waals surface area contributed by atoms with E-state index in [4.69, 9.17) is 18.9 Å². The number of benzene rings is 1. The standard InChI is InChI=1S/C58H67FN4O14/c1-25-13-12-14-26(2)56(72)60-44-47(62-22-35-20-61(21-36(35)23-62)46-28(4)45-38(34-15-16-34)19-37(32(8)64)57(73)63(45)24-39(46)59)52(70)41-42(51(44)69)50(68)31(7)54-43(41)55(71)58(10,77-54)75-18-17-40(74-11)27(3)53(76-33(9)65)30(6)49(67)29(5)48(25)66/h12-14,17-19,24-25,27,29-30,34-36,40,48-49,53,64,66-68H,8,15-16,20-23H2,1-7,9-11H3,(H,60,72)/b13-12+,18-17+,26-14-/t25-,27+,29+,30+,35?,36?,40-,48-,49+,53+,58-/m0/s1. The number of aliphatic hydroxyl groups is 3. The fourth-order valence-corrected chi connectivity index (χ4v) is 12.3. The Morgan fingerprint density at radius 1 is 0.883 bits per heavy atom. The van der Waals surface area contributed by atoms with E-state index in [2.05, 4.69) is 11.9 Å². The number of ether oxygens (including phenoxy) is 4. The number of aromatic nitrogens is 1. The van der Waals surface area contributed by atoms with Crippen molar-refractivity contribution >= 4 is 46.2 Å². The second-order valence-electron chi connectivity index (χ2n) is 22.1. The van der Waals surface area contributed by atoms with Crippen LogP contribution in [0, 0.1) is 55.2 Å². The Balaban J connectivity index is 1.10. The number of amides is 1. The lowest BCUT2D eigenvalue weighted by atomic mass is 9.78. The van der Waals surface area contributed by atoms with E-state index in [1.165, 1.54) is 51.4 Å². The summed E-state index contributed by atoms with van der Waals surface area (Å²) in [6, 6.07) is 1.65. The molecule has 0 spiro atoms. The number of hydrogen-bond acceptors (Lipinski definition) is 16. The zero-order valence-corrected chi connectivity index (χ0v) is 44.9. The predicted molar refractivity (Wildman–Crippen MR) is 281 cm³/mol. The van der Waals surface area contributed by atoms with Crippen LogP contribution in [0.15, 0.2) is 71.2 Å². The first kappa shape index (κ1) is 54.7. The average molecular weight is 1060 g/mol. The van der Waals surface area contributed by atoms with Gasteiger partial charge in [0.05, 0.1) is 64.2 Å². The lowest BCUT2D eigenvalue weighted by molar-refractivity contribution is -0.160. The van der Waals surface area contributed by atoms with Gasteiger partial charge in [0.2, 0.25) is 11.6 Å². The molecule has 7 heterocycles. The summed E-state index contributed by atoms with van der Waals surface area (Å²) in [6.07, 6.45) is 6.07. The fraction of sp³-hybridized carbons (Fsp3) is 0.483. The Morgan fingerprint density at radius 3 is 2.14 bits per heavy atom. The zero-order chi connectivity index (χ0) is 56.0. The number of esters is 1. The number of nitrogens with zero attached hydrogens (tertiary/aromatic N) is 3. The first-order chi connectivity index (χ1) is 36.3. The number of rotatable bonds is 6. The molecule has 11 atom stereocenters. The summed E-state index contributed by atoms with van der Waals surface area (Å²) in [6.45, 7) is 18.5. The largest absolute Gasteiger partial charge is 0.508 e. The van der Waals surface area contributed by atoms with E-state index in [1.807, 2.05) is 4.90 Å². The molecule has 1 saturated carbocycles. The van der Waals surface area contributed by atoms with E-state index in [-0.39, 0.29) is 64.6 Å². The second-order valence-corrected chi connectivity index (χ2v) is 22.1. The first-order valence-electron chi connectivity index (χ1n) is 26.1. The number of pyridine rings is 2. The maximum absolute atomic E-state index is 16.5. The van der Waals surface area contributed by atoms with Crippen molar-refractivity contribution in [3.05, 3.63) is 121 Å². The molecule has 5 aliphatic heterocycles. The van der Waals surface area contributed by atoms with Crippen LogP contribution in [0.4, 0.5) is 10.1 Å². The molecular weight excluding hydrogens is 996 g/mol. The van der Waals surface area contributed by atoms with Gasteiger partial charge in [-0.1, -0.05) is 52.5 Å². The highest BCUT2D eigenvalue weighted by Gasteiger charge is 2.54. The number of nitrogens with one attached hydrogen (secondary N) is 1. The van der Waals surface area contributed by atoms with Gasteiger partial charge >= 0.3 is 11.8 Å². The molecule has 3 aromatic rings. The highest BCUT2D eigenvalue weighted by atomic mass is 19.1. The maximum Gasteiger partial charge on any atom is 0.312 e. The molecule has 1 aromatic carbocycles. The van der Waals surface area contributed by atoms with E-state index in [1.54, 1.807) is 57.7 Å². The number of anilines is 1. The van der Waals surface area contributed by atoms with Gasteiger partial charge in [-0.05, 0) is 62.8 Å². The van der Waals surface area contributed by atoms with Crippen LogP contribution in [0.5, 0.6) is 11.5 Å². The third-order valence-corrected chi connectivity index (χ3v) is 16.8. The molecule has 10 rings (SSSR count). The smallest absolute Gasteiger partial charge is 0.312 e. The molecule has 19 heteroatoms. The van der Waals surface area contributed by atoms with Gasteiger partial charge in [0.1, 0.15) is 34.8 Å². The second kappa shape index (κ2) is 20.4. The van der Waals surface area contributed by atoms with Crippen molar-refractivity contribution in [2.75, 3.05) is 38.2 Å². The number of ketones is 3. The minimum atomic E-state index is -2.16. The van der Waals surface area contributed by atoms with Gasteiger partial charge in [-0.25, -0.2) is 4.39 Å². The third kappa shape index (κ3) is 9.32. The number of carbonyl (C=O) groups excluding carboxylic acids is 5. The van der Waals surface area contributed by atoms with Crippen molar-refractivity contribution in [1.82, 2.24) is 14.6 Å². The number of aromatic hydroxyl groups is 1. The SMILES string of the molecule is C=C(O)c1cc(C2CC2)c2c(C)c(N3CC4CN(C5=C6NC(=O)/C(C)=C\C=C\[C@H](C)[C@H](O)[C@@H](C)[C@@H](O)[C@@H](C)[C@H](OC(C)=O)[C@H](C)[C@@H](OC)/C=C/O[C@@]7(C)Oc8c(C)c(O)c(c(c8C7=O)C5=O)C6=O)CC4C3)c(F)cn2c1=O. The molecule has 410 valence electrons. The maximum atomic E-state index is 16.5. The van der Waals surface area contributed by atoms with Crippen LogP contribution in [0.1, 0.15) is 121 Å². The molecule has 1 amide bonds. The Bertz CT molecular complexity index is 3230. The number of carbonyl (C=O) groups is 5. The fourth-order valence-electron chi connectivity index (χ4n) is 12.3. The van der Waals surface area contributed by atoms with Crippen LogP contribution in [0.3, 0.4) is 0 Å².